The highest BCUT2D eigenvalue weighted by atomic mass is 19.4. The lowest BCUT2D eigenvalue weighted by Gasteiger charge is -2.25. The second kappa shape index (κ2) is 8.57. The number of amides is 1. The highest BCUT2D eigenvalue weighted by Gasteiger charge is 2.34. The first-order valence-electron chi connectivity index (χ1n) is 8.85. The molecule has 146 valence electrons. The molecule has 0 spiro atoms. The van der Waals surface area contributed by atoms with Crippen LogP contribution in [-0.2, 0) is 17.5 Å². The van der Waals surface area contributed by atoms with E-state index < -0.39 is 23.7 Å². The van der Waals surface area contributed by atoms with Gasteiger partial charge < -0.3 is 5.32 Å². The third-order valence-corrected chi connectivity index (χ3v) is 4.61. The van der Waals surface area contributed by atoms with Crippen molar-refractivity contribution in [3.8, 4) is 0 Å². The fourth-order valence-corrected chi connectivity index (χ4v) is 2.71. The third-order valence-electron chi connectivity index (χ3n) is 4.61. The Bertz CT molecular complexity index is 770. The van der Waals surface area contributed by atoms with Gasteiger partial charge in [-0.1, -0.05) is 50.2 Å². The van der Waals surface area contributed by atoms with Crippen LogP contribution in [0.25, 0.3) is 0 Å². The molecule has 0 bridgehead atoms. The summed E-state index contributed by atoms with van der Waals surface area (Å²) < 4.78 is 39.2. The number of benzene rings is 2. The predicted octanol–water partition coefficient (Wildman–Crippen LogP) is 5.29. The van der Waals surface area contributed by atoms with Crippen LogP contribution in [0, 0.1) is 0 Å². The highest BCUT2D eigenvalue weighted by Crippen LogP contribution is 2.34. The number of anilines is 1. The van der Waals surface area contributed by atoms with Crippen molar-refractivity contribution >= 4 is 11.6 Å². The Labute approximate surface area is 158 Å². The number of likely N-dealkylation sites (N-methyl/N-ethyl adjacent to an activating group) is 1. The molecule has 0 saturated heterocycles. The van der Waals surface area contributed by atoms with Gasteiger partial charge in [0.05, 0.1) is 17.3 Å². The molecule has 6 heteroatoms. The van der Waals surface area contributed by atoms with Crippen molar-refractivity contribution < 1.29 is 18.0 Å². The van der Waals surface area contributed by atoms with Crippen LogP contribution >= 0.6 is 0 Å². The molecular weight excluding hydrogens is 353 g/mol. The molecule has 0 aliphatic heterocycles. The van der Waals surface area contributed by atoms with Gasteiger partial charge in [-0.3, -0.25) is 9.69 Å². The van der Waals surface area contributed by atoms with Crippen LogP contribution in [0.1, 0.15) is 43.4 Å². The van der Waals surface area contributed by atoms with Gasteiger partial charge in [0.2, 0.25) is 5.91 Å². The number of nitrogens with one attached hydrogen (secondary N) is 1. The number of carbonyl (C=O) groups excluding carboxylic acids is 1. The number of nitrogens with zero attached hydrogens (tertiary/aromatic N) is 1. The number of alkyl halides is 3. The zero-order valence-corrected chi connectivity index (χ0v) is 16.0. The van der Waals surface area contributed by atoms with Crippen molar-refractivity contribution in [3.05, 3.63) is 65.2 Å². The van der Waals surface area contributed by atoms with Crippen molar-refractivity contribution in [2.45, 2.75) is 45.5 Å². The molecule has 3 nitrogen and oxygen atoms in total. The smallest absolute Gasteiger partial charge is 0.324 e. The molecule has 0 fully saturated rings. The van der Waals surface area contributed by atoms with Crippen molar-refractivity contribution in [2.75, 3.05) is 12.4 Å². The van der Waals surface area contributed by atoms with Gasteiger partial charge >= 0.3 is 6.18 Å². The average Bonchev–Trinajstić information content (AvgIpc) is 2.61. The van der Waals surface area contributed by atoms with Crippen molar-refractivity contribution in [3.63, 3.8) is 0 Å². The number of rotatable bonds is 6. The maximum absolute atomic E-state index is 13.1. The SMILES string of the molecule is CC(C)c1ccc(CN(C)C(C)C(=O)Nc2ccccc2C(F)(F)F)cc1. The molecule has 0 aliphatic carbocycles. The van der Waals surface area contributed by atoms with Gasteiger partial charge in [0.15, 0.2) is 0 Å². The fraction of sp³-hybridized carbons (Fsp3) is 0.381. The second-order valence-electron chi connectivity index (χ2n) is 7.02. The summed E-state index contributed by atoms with van der Waals surface area (Å²) in [7, 11) is 1.77. The van der Waals surface area contributed by atoms with Crippen LogP contribution in [-0.4, -0.2) is 23.9 Å². The highest BCUT2D eigenvalue weighted by molar-refractivity contribution is 5.95. The van der Waals surface area contributed by atoms with E-state index in [2.05, 4.69) is 31.3 Å². The Balaban J connectivity index is 2.04. The molecule has 1 amide bonds. The first-order valence-corrected chi connectivity index (χ1v) is 8.85. The Morgan fingerprint density at radius 1 is 1.04 bits per heavy atom. The van der Waals surface area contributed by atoms with E-state index in [9.17, 15) is 18.0 Å². The zero-order chi connectivity index (χ0) is 20.2. The first-order chi connectivity index (χ1) is 12.6. The normalized spacial score (nSPS) is 13.1. The average molecular weight is 378 g/mol. The molecule has 2 aromatic carbocycles. The lowest BCUT2D eigenvalue weighted by Crippen LogP contribution is -2.39. The van der Waals surface area contributed by atoms with Crippen molar-refractivity contribution in [1.29, 1.82) is 0 Å². The molecule has 0 radical (unpaired) electrons. The topological polar surface area (TPSA) is 32.3 Å². The zero-order valence-electron chi connectivity index (χ0n) is 16.0. The number of carbonyl (C=O) groups is 1. The minimum absolute atomic E-state index is 0.225. The maximum Gasteiger partial charge on any atom is 0.418 e. The van der Waals surface area contributed by atoms with E-state index in [1.807, 2.05) is 12.1 Å². The van der Waals surface area contributed by atoms with Crippen LogP contribution < -0.4 is 5.32 Å². The summed E-state index contributed by atoms with van der Waals surface area (Å²) in [5.41, 5.74) is 1.20. The molecule has 1 N–H and O–H groups in total. The van der Waals surface area contributed by atoms with Gasteiger partial charge in [-0.2, -0.15) is 13.2 Å². The van der Waals surface area contributed by atoms with E-state index >= 15 is 0 Å². The quantitative estimate of drug-likeness (QED) is 0.741. The van der Waals surface area contributed by atoms with E-state index in [0.717, 1.165) is 11.6 Å². The summed E-state index contributed by atoms with van der Waals surface area (Å²) in [6.45, 7) is 6.43. The Kier molecular flexibility index (Phi) is 6.65. The fourth-order valence-electron chi connectivity index (χ4n) is 2.71. The molecule has 0 saturated carbocycles. The molecule has 2 aromatic rings. The van der Waals surface area contributed by atoms with E-state index in [-0.39, 0.29) is 5.69 Å². The second-order valence-corrected chi connectivity index (χ2v) is 7.02. The molecule has 0 aromatic heterocycles. The Morgan fingerprint density at radius 2 is 1.63 bits per heavy atom. The van der Waals surface area contributed by atoms with Crippen LogP contribution in [0.2, 0.25) is 0 Å². The summed E-state index contributed by atoms with van der Waals surface area (Å²) in [4.78, 5) is 14.2. The third kappa shape index (κ3) is 5.57. The minimum Gasteiger partial charge on any atom is -0.324 e. The van der Waals surface area contributed by atoms with Crippen LogP contribution in [0.5, 0.6) is 0 Å². The molecular formula is C21H25F3N2O. The standard InChI is InChI=1S/C21H25F3N2O/c1-14(2)17-11-9-16(10-12-17)13-26(4)15(3)20(27)25-19-8-6-5-7-18(19)21(22,23)24/h5-12,14-15H,13H2,1-4H3,(H,25,27). The van der Waals surface area contributed by atoms with Crippen LogP contribution in [0.3, 0.4) is 0 Å². The first kappa shape index (κ1) is 21.0. The van der Waals surface area contributed by atoms with E-state index in [1.54, 1.807) is 18.9 Å². The minimum atomic E-state index is -4.52. The van der Waals surface area contributed by atoms with E-state index in [1.165, 1.54) is 23.8 Å². The summed E-state index contributed by atoms with van der Waals surface area (Å²) in [6.07, 6.45) is -4.52. The van der Waals surface area contributed by atoms with Crippen LogP contribution in [0.15, 0.2) is 48.5 Å². The van der Waals surface area contributed by atoms with Gasteiger partial charge in [-0.05, 0) is 43.1 Å². The Morgan fingerprint density at radius 3 is 2.19 bits per heavy atom. The van der Waals surface area contributed by atoms with Crippen molar-refractivity contribution in [2.24, 2.45) is 0 Å². The summed E-state index contributed by atoms with van der Waals surface area (Å²) >= 11 is 0. The number of hydrogen-bond donors (Lipinski definition) is 1. The lowest BCUT2D eigenvalue weighted by atomic mass is 10.0. The van der Waals surface area contributed by atoms with Gasteiger partial charge in [0.1, 0.15) is 0 Å². The largest absolute Gasteiger partial charge is 0.418 e. The summed E-state index contributed by atoms with van der Waals surface area (Å²) in [5.74, 6) is -0.0387. The maximum atomic E-state index is 13.1. The molecule has 27 heavy (non-hydrogen) atoms. The lowest BCUT2D eigenvalue weighted by molar-refractivity contribution is -0.137. The number of halogens is 3. The van der Waals surface area contributed by atoms with Gasteiger partial charge in [-0.15, -0.1) is 0 Å². The molecule has 1 atom stereocenters. The predicted molar refractivity (Wildman–Crippen MR) is 102 cm³/mol. The van der Waals surface area contributed by atoms with Gasteiger partial charge in [0, 0.05) is 6.54 Å². The molecule has 2 rings (SSSR count). The molecule has 0 aliphatic rings. The van der Waals surface area contributed by atoms with E-state index in [0.29, 0.717) is 12.5 Å². The monoisotopic (exact) mass is 378 g/mol. The summed E-state index contributed by atoms with van der Waals surface area (Å²) in [6, 6.07) is 12.5. The van der Waals surface area contributed by atoms with Gasteiger partial charge in [0.25, 0.3) is 0 Å². The van der Waals surface area contributed by atoms with Crippen molar-refractivity contribution in [1.82, 2.24) is 4.90 Å². The van der Waals surface area contributed by atoms with E-state index in [4.69, 9.17) is 0 Å². The van der Waals surface area contributed by atoms with Crippen LogP contribution in [0.4, 0.5) is 18.9 Å². The molecule has 1 unspecified atom stereocenters. The van der Waals surface area contributed by atoms with Gasteiger partial charge in [-0.25, -0.2) is 0 Å². The number of para-hydroxylation sites is 1. The Hall–Kier alpha value is -2.34. The number of hydrogen-bond acceptors (Lipinski definition) is 2. The molecule has 0 heterocycles. The summed E-state index contributed by atoms with van der Waals surface area (Å²) in [5, 5.41) is 2.41.